The molecule has 3 unspecified atom stereocenters. The molecule has 5 atom stereocenters. The number of nitrogens with zero attached hydrogens (tertiary/aromatic N) is 3. The minimum absolute atomic E-state index is 0.400. The summed E-state index contributed by atoms with van der Waals surface area (Å²) in [7, 11) is 1.80. The van der Waals surface area contributed by atoms with Gasteiger partial charge in [-0.15, -0.1) is 16.9 Å². The van der Waals surface area contributed by atoms with Gasteiger partial charge in [-0.2, -0.15) is 0 Å². The zero-order valence-electron chi connectivity index (χ0n) is 13.1. The fourth-order valence-electron chi connectivity index (χ4n) is 2.13. The Balaban J connectivity index is 1.62. The van der Waals surface area contributed by atoms with Crippen molar-refractivity contribution in [2.75, 3.05) is 12.4 Å². The highest BCUT2D eigenvalue weighted by atomic mass is 32.2. The van der Waals surface area contributed by atoms with Gasteiger partial charge in [0, 0.05) is 12.8 Å². The zero-order chi connectivity index (χ0) is 16.8. The quantitative estimate of drug-likeness (QED) is 0.446. The molecule has 9 heteroatoms. The Bertz CT molecular complexity index is 512. The molecule has 0 aliphatic carbocycles. The van der Waals surface area contributed by atoms with E-state index in [0.29, 0.717) is 19.0 Å². The van der Waals surface area contributed by atoms with Crippen LogP contribution in [0.1, 0.15) is 12.6 Å². The van der Waals surface area contributed by atoms with E-state index in [-0.39, 0.29) is 0 Å². The third kappa shape index (κ3) is 5.27. The number of thioether (sulfide) groups is 1. The monoisotopic (exact) mass is 345 g/mol. The number of aromatic nitrogens is 3. The number of rotatable bonds is 7. The van der Waals surface area contributed by atoms with Crippen LogP contribution in [0.15, 0.2) is 18.3 Å². The molecule has 0 bridgehead atoms. The summed E-state index contributed by atoms with van der Waals surface area (Å²) in [5.41, 5.74) is 0.212. The lowest BCUT2D eigenvalue weighted by Gasteiger charge is -2.38. The van der Waals surface area contributed by atoms with E-state index in [1.165, 1.54) is 11.8 Å². The lowest BCUT2D eigenvalue weighted by Crippen LogP contribution is -2.55. The van der Waals surface area contributed by atoms with Crippen LogP contribution >= 0.6 is 11.8 Å². The van der Waals surface area contributed by atoms with Crippen LogP contribution in [0.25, 0.3) is 0 Å². The van der Waals surface area contributed by atoms with Crippen LogP contribution in [-0.2, 0) is 23.1 Å². The standard InChI is InChI=1S/C14H23N3O5S/c1-9-11(18)12(19)13(20)14(22-9)23-6-4-3-5-21-8-10-7-17(2)16-15-10/h3-4,7,9,11-14,18-20H,5-6,8H2,1-2H3/b4-3+/t9?,11-,12?,13?,14+/m1/s1. The van der Waals surface area contributed by atoms with Gasteiger partial charge in [-0.25, -0.2) is 0 Å². The van der Waals surface area contributed by atoms with Crippen molar-refractivity contribution in [2.45, 2.75) is 43.4 Å². The molecule has 130 valence electrons. The lowest BCUT2D eigenvalue weighted by molar-refractivity contribution is -0.192. The average molecular weight is 345 g/mol. The van der Waals surface area contributed by atoms with Crippen molar-refractivity contribution in [1.82, 2.24) is 15.0 Å². The van der Waals surface area contributed by atoms with E-state index in [4.69, 9.17) is 9.47 Å². The summed E-state index contributed by atoms with van der Waals surface area (Å²) in [4.78, 5) is 0. The molecule has 0 radical (unpaired) electrons. The SMILES string of the molecule is CC1O[C@@H](SC/C=C/COCc2cn(C)nn2)C(O)C(O)[C@@H]1O. The van der Waals surface area contributed by atoms with Gasteiger partial charge in [0.05, 0.1) is 25.5 Å². The summed E-state index contributed by atoms with van der Waals surface area (Å²) in [6.07, 6.45) is 1.70. The Morgan fingerprint density at radius 2 is 2.09 bits per heavy atom. The topological polar surface area (TPSA) is 110 Å². The Labute approximate surface area is 139 Å². The van der Waals surface area contributed by atoms with Crippen LogP contribution in [0.4, 0.5) is 0 Å². The van der Waals surface area contributed by atoms with Gasteiger partial charge in [0.25, 0.3) is 0 Å². The van der Waals surface area contributed by atoms with Gasteiger partial charge in [-0.3, -0.25) is 4.68 Å². The van der Waals surface area contributed by atoms with Crippen molar-refractivity contribution in [3.05, 3.63) is 24.0 Å². The maximum absolute atomic E-state index is 9.87. The van der Waals surface area contributed by atoms with Crippen LogP contribution in [0.5, 0.6) is 0 Å². The van der Waals surface area contributed by atoms with E-state index in [0.717, 1.165) is 5.69 Å². The molecule has 2 rings (SSSR count). The normalized spacial score (nSPS) is 31.8. The number of ether oxygens (including phenoxy) is 2. The summed E-state index contributed by atoms with van der Waals surface area (Å²) in [5, 5.41) is 36.9. The molecular formula is C14H23N3O5S. The Morgan fingerprint density at radius 1 is 1.30 bits per heavy atom. The molecular weight excluding hydrogens is 322 g/mol. The van der Waals surface area contributed by atoms with Gasteiger partial charge in [-0.05, 0) is 6.92 Å². The molecule has 0 amide bonds. The number of aliphatic hydroxyl groups is 3. The highest BCUT2D eigenvalue weighted by Gasteiger charge is 2.41. The van der Waals surface area contributed by atoms with Crippen molar-refractivity contribution in [3.63, 3.8) is 0 Å². The van der Waals surface area contributed by atoms with Gasteiger partial charge in [0.1, 0.15) is 29.4 Å². The minimum Gasteiger partial charge on any atom is -0.388 e. The second-order valence-electron chi connectivity index (χ2n) is 5.38. The molecule has 8 nitrogen and oxygen atoms in total. The Morgan fingerprint density at radius 3 is 2.78 bits per heavy atom. The third-order valence-electron chi connectivity index (χ3n) is 3.45. The van der Waals surface area contributed by atoms with E-state index >= 15 is 0 Å². The highest BCUT2D eigenvalue weighted by molar-refractivity contribution is 7.99. The Kier molecular flexibility index (Phi) is 7.00. The molecule has 1 aromatic rings. The fourth-order valence-corrected chi connectivity index (χ4v) is 3.18. The lowest BCUT2D eigenvalue weighted by atomic mass is 10.0. The molecule has 1 fully saturated rings. The molecule has 3 N–H and O–H groups in total. The minimum atomic E-state index is -1.18. The van der Waals surface area contributed by atoms with E-state index in [2.05, 4.69) is 10.3 Å². The first-order chi connectivity index (χ1) is 11.0. The number of hydrogen-bond acceptors (Lipinski definition) is 8. The van der Waals surface area contributed by atoms with Crippen molar-refractivity contribution < 1.29 is 24.8 Å². The first kappa shape index (κ1) is 18.4. The van der Waals surface area contributed by atoms with Crippen molar-refractivity contribution >= 4 is 11.8 Å². The number of aryl methyl sites for hydroxylation is 1. The number of hydrogen-bond donors (Lipinski definition) is 3. The van der Waals surface area contributed by atoms with Gasteiger partial charge in [0.15, 0.2) is 0 Å². The van der Waals surface area contributed by atoms with Crippen LogP contribution in [0.3, 0.4) is 0 Å². The van der Waals surface area contributed by atoms with Crippen molar-refractivity contribution in [2.24, 2.45) is 7.05 Å². The van der Waals surface area contributed by atoms with Gasteiger partial charge in [0.2, 0.25) is 0 Å². The van der Waals surface area contributed by atoms with Crippen LogP contribution in [0, 0.1) is 0 Å². The van der Waals surface area contributed by atoms with Crippen LogP contribution in [-0.4, -0.2) is 72.5 Å². The summed E-state index contributed by atoms with van der Waals surface area (Å²) in [6, 6.07) is 0. The summed E-state index contributed by atoms with van der Waals surface area (Å²) < 4.78 is 12.5. The predicted octanol–water partition coefficient (Wildman–Crippen LogP) is -0.551. The Hall–Kier alpha value is -0.970. The second-order valence-corrected chi connectivity index (χ2v) is 6.52. The molecule has 23 heavy (non-hydrogen) atoms. The summed E-state index contributed by atoms with van der Waals surface area (Å²) in [6.45, 7) is 2.52. The zero-order valence-corrected chi connectivity index (χ0v) is 14.0. The second kappa shape index (κ2) is 8.76. The molecule has 1 aromatic heterocycles. The van der Waals surface area contributed by atoms with Gasteiger partial charge >= 0.3 is 0 Å². The van der Waals surface area contributed by atoms with Crippen molar-refractivity contribution in [3.8, 4) is 0 Å². The molecule has 1 aliphatic heterocycles. The smallest absolute Gasteiger partial charge is 0.132 e. The van der Waals surface area contributed by atoms with Gasteiger partial charge in [-0.1, -0.05) is 17.4 Å². The first-order valence-corrected chi connectivity index (χ1v) is 8.43. The van der Waals surface area contributed by atoms with Gasteiger partial charge < -0.3 is 24.8 Å². The average Bonchev–Trinajstić information content (AvgIpc) is 2.94. The predicted molar refractivity (Wildman–Crippen MR) is 84.6 cm³/mol. The molecule has 0 aromatic carbocycles. The molecule has 1 aliphatic rings. The van der Waals surface area contributed by atoms with Crippen molar-refractivity contribution in [1.29, 1.82) is 0 Å². The largest absolute Gasteiger partial charge is 0.388 e. The molecule has 0 spiro atoms. The number of aliphatic hydroxyl groups excluding tert-OH is 3. The third-order valence-corrected chi connectivity index (χ3v) is 4.55. The summed E-state index contributed by atoms with van der Waals surface area (Å²) in [5.74, 6) is 0.603. The van der Waals surface area contributed by atoms with E-state index in [9.17, 15) is 15.3 Å². The van der Waals surface area contributed by atoms with Crippen LogP contribution < -0.4 is 0 Å². The first-order valence-electron chi connectivity index (χ1n) is 7.38. The van der Waals surface area contributed by atoms with E-state index in [1.54, 1.807) is 24.9 Å². The molecule has 2 heterocycles. The van der Waals surface area contributed by atoms with E-state index < -0.39 is 29.9 Å². The fraction of sp³-hybridized carbons (Fsp3) is 0.714. The molecule has 0 saturated carbocycles. The maximum Gasteiger partial charge on any atom is 0.132 e. The van der Waals surface area contributed by atoms with E-state index in [1.807, 2.05) is 12.2 Å². The van der Waals surface area contributed by atoms with Crippen LogP contribution in [0.2, 0.25) is 0 Å². The molecule has 1 saturated heterocycles. The highest BCUT2D eigenvalue weighted by Crippen LogP contribution is 2.28. The maximum atomic E-state index is 9.87. The summed E-state index contributed by atoms with van der Waals surface area (Å²) >= 11 is 1.36.